The summed E-state index contributed by atoms with van der Waals surface area (Å²) in [6, 6.07) is 1.26. The normalized spacial score (nSPS) is 16.7. The summed E-state index contributed by atoms with van der Waals surface area (Å²) < 4.78 is 0. The number of nitrogens with one attached hydrogen (secondary N) is 1. The molecule has 0 aromatic carbocycles. The standard InChI is InChI=1S/C13H29N/c1-7-8-9-10-11(2)14-12(3)13(4,5)6/h11-12,14H,7-10H2,1-6H3. The van der Waals surface area contributed by atoms with Gasteiger partial charge in [0.1, 0.15) is 0 Å². The van der Waals surface area contributed by atoms with Gasteiger partial charge >= 0.3 is 0 Å². The minimum absolute atomic E-state index is 0.374. The van der Waals surface area contributed by atoms with E-state index in [4.69, 9.17) is 0 Å². The quantitative estimate of drug-likeness (QED) is 0.638. The number of unbranched alkanes of at least 4 members (excludes halogenated alkanes) is 2. The van der Waals surface area contributed by atoms with Crippen molar-refractivity contribution in [2.24, 2.45) is 5.41 Å². The van der Waals surface area contributed by atoms with Gasteiger partial charge in [-0.3, -0.25) is 0 Å². The van der Waals surface area contributed by atoms with Crippen molar-refractivity contribution in [3.8, 4) is 0 Å². The molecule has 1 nitrogen and oxygen atoms in total. The van der Waals surface area contributed by atoms with Crippen molar-refractivity contribution in [2.45, 2.75) is 79.3 Å². The van der Waals surface area contributed by atoms with Crippen LogP contribution in [0, 0.1) is 5.41 Å². The first-order valence-electron chi connectivity index (χ1n) is 6.14. The van der Waals surface area contributed by atoms with E-state index in [9.17, 15) is 0 Å². The lowest BCUT2D eigenvalue weighted by atomic mass is 9.87. The van der Waals surface area contributed by atoms with Crippen molar-refractivity contribution in [3.63, 3.8) is 0 Å². The minimum Gasteiger partial charge on any atom is -0.311 e. The highest BCUT2D eigenvalue weighted by Gasteiger charge is 2.20. The van der Waals surface area contributed by atoms with Crippen molar-refractivity contribution in [2.75, 3.05) is 0 Å². The molecular formula is C13H29N. The summed E-state index contributed by atoms with van der Waals surface area (Å²) in [5, 5.41) is 3.68. The second-order valence-electron chi connectivity index (χ2n) is 5.65. The Kier molecular flexibility index (Phi) is 6.43. The first kappa shape index (κ1) is 14.0. The van der Waals surface area contributed by atoms with Crippen LogP contribution in [0.15, 0.2) is 0 Å². The molecule has 1 N–H and O–H groups in total. The molecule has 0 saturated carbocycles. The summed E-state index contributed by atoms with van der Waals surface area (Å²) >= 11 is 0. The molecule has 0 rings (SSSR count). The summed E-state index contributed by atoms with van der Waals surface area (Å²) in [6.07, 6.45) is 5.37. The van der Waals surface area contributed by atoms with Gasteiger partial charge in [0.15, 0.2) is 0 Å². The fourth-order valence-electron chi connectivity index (χ4n) is 1.46. The number of rotatable bonds is 6. The lowest BCUT2D eigenvalue weighted by Gasteiger charge is -2.31. The first-order chi connectivity index (χ1) is 6.38. The molecule has 2 atom stereocenters. The number of hydrogen-bond donors (Lipinski definition) is 1. The van der Waals surface area contributed by atoms with E-state index in [1.54, 1.807) is 0 Å². The molecule has 0 aliphatic rings. The molecule has 1 heteroatoms. The van der Waals surface area contributed by atoms with Gasteiger partial charge < -0.3 is 5.32 Å². The zero-order valence-electron chi connectivity index (χ0n) is 11.0. The van der Waals surface area contributed by atoms with Gasteiger partial charge in [-0.15, -0.1) is 0 Å². The zero-order valence-corrected chi connectivity index (χ0v) is 11.0. The second-order valence-corrected chi connectivity index (χ2v) is 5.65. The summed E-state index contributed by atoms with van der Waals surface area (Å²) in [4.78, 5) is 0. The zero-order chi connectivity index (χ0) is 11.2. The monoisotopic (exact) mass is 199 g/mol. The van der Waals surface area contributed by atoms with Gasteiger partial charge in [-0.2, -0.15) is 0 Å². The van der Waals surface area contributed by atoms with Crippen molar-refractivity contribution < 1.29 is 0 Å². The Morgan fingerprint density at radius 2 is 1.64 bits per heavy atom. The third kappa shape index (κ3) is 6.42. The van der Waals surface area contributed by atoms with E-state index >= 15 is 0 Å². The van der Waals surface area contributed by atoms with Crippen LogP contribution < -0.4 is 5.32 Å². The molecule has 14 heavy (non-hydrogen) atoms. The number of hydrogen-bond acceptors (Lipinski definition) is 1. The Labute approximate surface area is 90.7 Å². The first-order valence-corrected chi connectivity index (χ1v) is 6.14. The molecular weight excluding hydrogens is 170 g/mol. The van der Waals surface area contributed by atoms with E-state index in [1.165, 1.54) is 25.7 Å². The van der Waals surface area contributed by atoms with Gasteiger partial charge in [0.2, 0.25) is 0 Å². The van der Waals surface area contributed by atoms with Gasteiger partial charge in [0.25, 0.3) is 0 Å². The topological polar surface area (TPSA) is 12.0 Å². The van der Waals surface area contributed by atoms with Crippen LogP contribution in [-0.2, 0) is 0 Å². The van der Waals surface area contributed by atoms with E-state index in [1.807, 2.05) is 0 Å². The van der Waals surface area contributed by atoms with Crippen molar-refractivity contribution in [1.29, 1.82) is 0 Å². The van der Waals surface area contributed by atoms with Crippen LogP contribution in [0.25, 0.3) is 0 Å². The molecule has 0 bridgehead atoms. The van der Waals surface area contributed by atoms with E-state index in [0.717, 1.165) is 0 Å². The van der Waals surface area contributed by atoms with E-state index in [2.05, 4.69) is 46.9 Å². The average molecular weight is 199 g/mol. The summed E-state index contributed by atoms with van der Waals surface area (Å²) in [5.74, 6) is 0. The highest BCUT2D eigenvalue weighted by molar-refractivity contribution is 4.78. The molecule has 0 fully saturated rings. The minimum atomic E-state index is 0.374. The van der Waals surface area contributed by atoms with Crippen LogP contribution in [0.1, 0.15) is 67.2 Å². The maximum Gasteiger partial charge on any atom is 0.00897 e. The van der Waals surface area contributed by atoms with Crippen molar-refractivity contribution in [3.05, 3.63) is 0 Å². The Hall–Kier alpha value is -0.0400. The molecule has 0 radical (unpaired) electrons. The molecule has 0 aliphatic heterocycles. The Morgan fingerprint density at radius 3 is 2.07 bits per heavy atom. The van der Waals surface area contributed by atoms with E-state index in [-0.39, 0.29) is 0 Å². The fourth-order valence-corrected chi connectivity index (χ4v) is 1.46. The lowest BCUT2D eigenvalue weighted by Crippen LogP contribution is -2.42. The maximum absolute atomic E-state index is 3.68. The third-order valence-electron chi connectivity index (χ3n) is 3.07. The lowest BCUT2D eigenvalue weighted by molar-refractivity contribution is 0.261. The predicted molar refractivity (Wildman–Crippen MR) is 65.7 cm³/mol. The van der Waals surface area contributed by atoms with Gasteiger partial charge in [-0.25, -0.2) is 0 Å². The predicted octanol–water partition coefficient (Wildman–Crippen LogP) is 3.98. The molecule has 0 aliphatic carbocycles. The van der Waals surface area contributed by atoms with E-state index in [0.29, 0.717) is 17.5 Å². The molecule has 0 saturated heterocycles. The molecule has 0 aromatic rings. The SMILES string of the molecule is CCCCCC(C)NC(C)C(C)(C)C. The van der Waals surface area contributed by atoms with E-state index < -0.39 is 0 Å². The molecule has 0 aromatic heterocycles. The summed E-state index contributed by atoms with van der Waals surface area (Å²) in [7, 11) is 0. The van der Waals surface area contributed by atoms with Crippen LogP contribution in [0.3, 0.4) is 0 Å². The average Bonchev–Trinajstić information content (AvgIpc) is 2.03. The van der Waals surface area contributed by atoms with Crippen molar-refractivity contribution >= 4 is 0 Å². The molecule has 0 spiro atoms. The second kappa shape index (κ2) is 6.44. The highest BCUT2D eigenvalue weighted by atomic mass is 14.9. The summed E-state index contributed by atoms with van der Waals surface area (Å²) in [5.41, 5.74) is 0.374. The molecule has 2 unspecified atom stereocenters. The van der Waals surface area contributed by atoms with Gasteiger partial charge in [-0.1, -0.05) is 47.0 Å². The van der Waals surface area contributed by atoms with Crippen molar-refractivity contribution in [1.82, 2.24) is 5.32 Å². The molecule has 0 amide bonds. The van der Waals surface area contributed by atoms with Gasteiger partial charge in [-0.05, 0) is 25.7 Å². The van der Waals surface area contributed by atoms with Crippen LogP contribution >= 0.6 is 0 Å². The highest BCUT2D eigenvalue weighted by Crippen LogP contribution is 2.19. The molecule has 0 heterocycles. The van der Waals surface area contributed by atoms with Crippen LogP contribution in [-0.4, -0.2) is 12.1 Å². The Balaban J connectivity index is 3.66. The van der Waals surface area contributed by atoms with Crippen LogP contribution in [0.5, 0.6) is 0 Å². The third-order valence-corrected chi connectivity index (χ3v) is 3.07. The smallest absolute Gasteiger partial charge is 0.00897 e. The maximum atomic E-state index is 3.68. The van der Waals surface area contributed by atoms with Crippen LogP contribution in [0.4, 0.5) is 0 Å². The molecule has 86 valence electrons. The Morgan fingerprint density at radius 1 is 1.07 bits per heavy atom. The van der Waals surface area contributed by atoms with Gasteiger partial charge in [0.05, 0.1) is 0 Å². The largest absolute Gasteiger partial charge is 0.311 e. The fraction of sp³-hybridized carbons (Fsp3) is 1.00. The van der Waals surface area contributed by atoms with Crippen LogP contribution in [0.2, 0.25) is 0 Å². The Bertz CT molecular complexity index is 135. The summed E-state index contributed by atoms with van der Waals surface area (Å²) in [6.45, 7) is 13.7. The van der Waals surface area contributed by atoms with Gasteiger partial charge in [0, 0.05) is 12.1 Å².